The fourth-order valence-electron chi connectivity index (χ4n) is 1.81. The van der Waals surface area contributed by atoms with Crippen LogP contribution in [0.4, 0.5) is 0 Å². The first-order valence-electron chi connectivity index (χ1n) is 7.51. The number of unbranched alkanes of at least 4 members (excludes halogenated alkanes) is 1. The molecule has 0 aliphatic heterocycles. The maximum absolute atomic E-state index is 11.8. The minimum absolute atomic E-state index is 0.00170. The molecule has 4 N–H and O–H groups in total. The van der Waals surface area contributed by atoms with E-state index in [0.29, 0.717) is 38.0 Å². The highest BCUT2D eigenvalue weighted by Crippen LogP contribution is 2.04. The van der Waals surface area contributed by atoms with Crippen molar-refractivity contribution in [3.63, 3.8) is 0 Å². The van der Waals surface area contributed by atoms with Crippen molar-refractivity contribution in [3.05, 3.63) is 35.4 Å². The normalized spacial score (nSPS) is 10.2. The maximum Gasteiger partial charge on any atom is 0.251 e. The largest absolute Gasteiger partial charge is 0.352 e. The second kappa shape index (κ2) is 9.94. The van der Waals surface area contributed by atoms with Gasteiger partial charge in [-0.3, -0.25) is 9.59 Å². The molecule has 0 bridgehead atoms. The number of hydrogen-bond donors (Lipinski definition) is 3. The van der Waals surface area contributed by atoms with E-state index in [1.165, 1.54) is 0 Å². The number of rotatable bonds is 9. The van der Waals surface area contributed by atoms with Crippen molar-refractivity contribution in [1.82, 2.24) is 10.6 Å². The number of amides is 2. The summed E-state index contributed by atoms with van der Waals surface area (Å²) in [6.07, 6.45) is 3.19. The molecular weight excluding hydrogens is 266 g/mol. The van der Waals surface area contributed by atoms with Gasteiger partial charge in [0.2, 0.25) is 5.91 Å². The van der Waals surface area contributed by atoms with Crippen LogP contribution in [0, 0.1) is 0 Å². The van der Waals surface area contributed by atoms with Crippen molar-refractivity contribution in [2.24, 2.45) is 5.73 Å². The number of carbonyl (C=O) groups is 2. The van der Waals surface area contributed by atoms with Crippen molar-refractivity contribution >= 4 is 11.8 Å². The minimum atomic E-state index is -0.0537. The number of nitrogens with two attached hydrogens (primary N) is 1. The monoisotopic (exact) mass is 291 g/mol. The number of nitrogens with one attached hydrogen (secondary N) is 2. The summed E-state index contributed by atoms with van der Waals surface area (Å²) in [5.74, 6) is -0.0520. The molecule has 0 saturated carbocycles. The third kappa shape index (κ3) is 6.90. The quantitative estimate of drug-likeness (QED) is 0.604. The van der Waals surface area contributed by atoms with E-state index in [1.54, 1.807) is 12.1 Å². The van der Waals surface area contributed by atoms with Crippen molar-refractivity contribution in [2.45, 2.75) is 39.2 Å². The second-order valence-corrected chi connectivity index (χ2v) is 4.98. The van der Waals surface area contributed by atoms with E-state index in [4.69, 9.17) is 5.73 Å². The standard InChI is InChI=1S/C16H25N3O2/c1-2-3-11-18-16(21)14-8-6-13(7-9-14)12-19-15(20)5-4-10-17/h6-9H,2-5,10-12,17H2,1H3,(H,18,21)(H,19,20). The summed E-state index contributed by atoms with van der Waals surface area (Å²) >= 11 is 0. The van der Waals surface area contributed by atoms with Crippen LogP contribution in [0.3, 0.4) is 0 Å². The molecule has 1 rings (SSSR count). The highest BCUT2D eigenvalue weighted by molar-refractivity contribution is 5.94. The van der Waals surface area contributed by atoms with Crippen molar-refractivity contribution in [1.29, 1.82) is 0 Å². The van der Waals surface area contributed by atoms with Gasteiger partial charge in [-0.25, -0.2) is 0 Å². The van der Waals surface area contributed by atoms with Gasteiger partial charge in [-0.2, -0.15) is 0 Å². The van der Waals surface area contributed by atoms with Gasteiger partial charge in [0.1, 0.15) is 0 Å². The van der Waals surface area contributed by atoms with E-state index in [-0.39, 0.29) is 11.8 Å². The van der Waals surface area contributed by atoms with Crippen LogP contribution in [-0.2, 0) is 11.3 Å². The zero-order chi connectivity index (χ0) is 15.5. The zero-order valence-electron chi connectivity index (χ0n) is 12.7. The van der Waals surface area contributed by atoms with E-state index in [1.807, 2.05) is 12.1 Å². The molecule has 0 aromatic heterocycles. The molecule has 2 amide bonds. The average Bonchev–Trinajstić information content (AvgIpc) is 2.51. The van der Waals surface area contributed by atoms with Crippen LogP contribution < -0.4 is 16.4 Å². The fraction of sp³-hybridized carbons (Fsp3) is 0.500. The Kier molecular flexibility index (Phi) is 8.12. The van der Waals surface area contributed by atoms with Crippen LogP contribution >= 0.6 is 0 Å². The Hall–Kier alpha value is -1.88. The summed E-state index contributed by atoms with van der Waals surface area (Å²) in [6, 6.07) is 7.28. The Balaban J connectivity index is 2.39. The Morgan fingerprint density at radius 1 is 1.10 bits per heavy atom. The molecule has 0 unspecified atom stereocenters. The van der Waals surface area contributed by atoms with Gasteiger partial charge >= 0.3 is 0 Å². The zero-order valence-corrected chi connectivity index (χ0v) is 12.7. The first-order chi connectivity index (χ1) is 10.2. The fourth-order valence-corrected chi connectivity index (χ4v) is 1.81. The topological polar surface area (TPSA) is 84.2 Å². The maximum atomic E-state index is 11.8. The average molecular weight is 291 g/mol. The summed E-state index contributed by atoms with van der Waals surface area (Å²) in [5, 5.41) is 5.70. The van der Waals surface area contributed by atoms with Crippen molar-refractivity contribution in [3.8, 4) is 0 Å². The van der Waals surface area contributed by atoms with E-state index in [0.717, 1.165) is 18.4 Å². The summed E-state index contributed by atoms with van der Waals surface area (Å²) in [6.45, 7) is 3.79. The molecule has 0 spiro atoms. The molecule has 0 radical (unpaired) electrons. The number of benzene rings is 1. The summed E-state index contributed by atoms with van der Waals surface area (Å²) in [5.41, 5.74) is 6.97. The number of carbonyl (C=O) groups excluding carboxylic acids is 2. The molecule has 0 saturated heterocycles. The lowest BCUT2D eigenvalue weighted by molar-refractivity contribution is -0.121. The Labute approximate surface area is 126 Å². The first kappa shape index (κ1) is 17.2. The Bertz CT molecular complexity index is 443. The first-order valence-corrected chi connectivity index (χ1v) is 7.51. The Morgan fingerprint density at radius 3 is 2.43 bits per heavy atom. The summed E-state index contributed by atoms with van der Waals surface area (Å²) < 4.78 is 0. The molecule has 116 valence electrons. The highest BCUT2D eigenvalue weighted by Gasteiger charge is 2.05. The van der Waals surface area contributed by atoms with Crippen LogP contribution in [0.5, 0.6) is 0 Å². The van der Waals surface area contributed by atoms with Gasteiger partial charge in [0.25, 0.3) is 5.91 Å². The molecule has 1 aromatic rings. The van der Waals surface area contributed by atoms with E-state index in [9.17, 15) is 9.59 Å². The smallest absolute Gasteiger partial charge is 0.251 e. The number of hydrogen-bond acceptors (Lipinski definition) is 3. The summed E-state index contributed by atoms with van der Waals surface area (Å²) in [7, 11) is 0. The molecule has 0 heterocycles. The molecule has 1 aromatic carbocycles. The molecule has 0 fully saturated rings. The molecule has 5 heteroatoms. The van der Waals surface area contributed by atoms with E-state index in [2.05, 4.69) is 17.6 Å². The SMILES string of the molecule is CCCCNC(=O)c1ccc(CNC(=O)CCCN)cc1. The van der Waals surface area contributed by atoms with Gasteiger partial charge in [0.05, 0.1) is 0 Å². The van der Waals surface area contributed by atoms with Crippen molar-refractivity contribution in [2.75, 3.05) is 13.1 Å². The lowest BCUT2D eigenvalue weighted by Gasteiger charge is -2.07. The molecule has 0 aliphatic carbocycles. The van der Waals surface area contributed by atoms with E-state index >= 15 is 0 Å². The molecule has 5 nitrogen and oxygen atoms in total. The molecule has 0 aliphatic rings. The van der Waals surface area contributed by atoms with Crippen molar-refractivity contribution < 1.29 is 9.59 Å². The second-order valence-electron chi connectivity index (χ2n) is 4.98. The van der Waals surface area contributed by atoms with Gasteiger partial charge in [-0.15, -0.1) is 0 Å². The van der Waals surface area contributed by atoms with Gasteiger partial charge in [0, 0.05) is 25.1 Å². The molecule has 0 atom stereocenters. The lowest BCUT2D eigenvalue weighted by Crippen LogP contribution is -2.25. The van der Waals surface area contributed by atoms with Crippen LogP contribution in [0.15, 0.2) is 24.3 Å². The van der Waals surface area contributed by atoms with Crippen LogP contribution in [-0.4, -0.2) is 24.9 Å². The summed E-state index contributed by atoms with van der Waals surface area (Å²) in [4.78, 5) is 23.3. The highest BCUT2D eigenvalue weighted by atomic mass is 16.2. The van der Waals surface area contributed by atoms with Gasteiger partial charge in [-0.05, 0) is 37.1 Å². The van der Waals surface area contributed by atoms with Gasteiger partial charge in [-0.1, -0.05) is 25.5 Å². The third-order valence-electron chi connectivity index (χ3n) is 3.13. The van der Waals surface area contributed by atoms with E-state index < -0.39 is 0 Å². The van der Waals surface area contributed by atoms with Crippen LogP contribution in [0.1, 0.15) is 48.5 Å². The van der Waals surface area contributed by atoms with Gasteiger partial charge in [0.15, 0.2) is 0 Å². The minimum Gasteiger partial charge on any atom is -0.352 e. The molecule has 21 heavy (non-hydrogen) atoms. The molecular formula is C16H25N3O2. The van der Waals surface area contributed by atoms with Crippen LogP contribution in [0.25, 0.3) is 0 Å². The van der Waals surface area contributed by atoms with Gasteiger partial charge < -0.3 is 16.4 Å². The predicted octanol–water partition coefficient (Wildman–Crippen LogP) is 1.57. The predicted molar refractivity (Wildman–Crippen MR) is 83.8 cm³/mol. The third-order valence-corrected chi connectivity index (χ3v) is 3.13. The lowest BCUT2D eigenvalue weighted by atomic mass is 10.1. The Morgan fingerprint density at radius 2 is 1.81 bits per heavy atom. The van der Waals surface area contributed by atoms with Crippen LogP contribution in [0.2, 0.25) is 0 Å².